The van der Waals surface area contributed by atoms with Crippen LogP contribution in [0.4, 0.5) is 10.8 Å². The van der Waals surface area contributed by atoms with Gasteiger partial charge in [-0.3, -0.25) is 4.98 Å². The van der Waals surface area contributed by atoms with Gasteiger partial charge >= 0.3 is 0 Å². The molecule has 1 aliphatic rings. The van der Waals surface area contributed by atoms with Gasteiger partial charge in [0.2, 0.25) is 0 Å². The van der Waals surface area contributed by atoms with Crippen LogP contribution in [0, 0.1) is 5.92 Å². The monoisotopic (exact) mass is 304 g/mol. The third-order valence-electron chi connectivity index (χ3n) is 3.99. The third kappa shape index (κ3) is 3.01. The number of nitrogens with two attached hydrogens (primary N) is 1. The quantitative estimate of drug-likeness (QED) is 0.907. The number of aliphatic hydroxyl groups is 1. The van der Waals surface area contributed by atoms with Crippen LogP contribution >= 0.6 is 11.5 Å². The topological polar surface area (TPSA) is 75.3 Å². The van der Waals surface area contributed by atoms with E-state index >= 15 is 0 Å². The molecule has 6 heteroatoms. The van der Waals surface area contributed by atoms with Gasteiger partial charge in [-0.05, 0) is 42.8 Å². The third-order valence-corrected chi connectivity index (χ3v) is 4.92. The molecule has 2 aromatic rings. The van der Waals surface area contributed by atoms with Crippen LogP contribution in [0.1, 0.15) is 19.3 Å². The van der Waals surface area contributed by atoms with Crippen LogP contribution in [0.3, 0.4) is 0 Å². The van der Waals surface area contributed by atoms with Crippen LogP contribution in [0.5, 0.6) is 0 Å². The van der Waals surface area contributed by atoms with E-state index in [-0.39, 0.29) is 6.61 Å². The second kappa shape index (κ2) is 6.41. The molecule has 1 fully saturated rings. The molecule has 2 aromatic heterocycles. The van der Waals surface area contributed by atoms with E-state index in [1.165, 1.54) is 18.0 Å². The summed E-state index contributed by atoms with van der Waals surface area (Å²) >= 11 is 1.46. The maximum absolute atomic E-state index is 9.16. The number of rotatable bonds is 4. The summed E-state index contributed by atoms with van der Waals surface area (Å²) in [5, 5.41) is 10.3. The van der Waals surface area contributed by atoms with Crippen molar-refractivity contribution in [2.45, 2.75) is 19.3 Å². The van der Waals surface area contributed by atoms with Gasteiger partial charge in [0.25, 0.3) is 0 Å². The van der Waals surface area contributed by atoms with Crippen LogP contribution in [-0.4, -0.2) is 34.2 Å². The summed E-state index contributed by atoms with van der Waals surface area (Å²) in [5.41, 5.74) is 8.09. The lowest BCUT2D eigenvalue weighted by molar-refractivity contribution is 0.244. The molecular weight excluding hydrogens is 284 g/mol. The molecule has 0 spiro atoms. The largest absolute Gasteiger partial charge is 0.396 e. The molecule has 0 aromatic carbocycles. The van der Waals surface area contributed by atoms with Gasteiger partial charge in [0.1, 0.15) is 10.8 Å². The van der Waals surface area contributed by atoms with Crippen LogP contribution < -0.4 is 10.6 Å². The Hall–Kier alpha value is -1.66. The standard InChI is InChI=1S/C15H20N4OS/c16-14-13(12-4-1-6-17-9-12)15(21-18-14)19-7-2-3-11(10-19)5-8-20/h1,4,6,9,11,20H,2-3,5,7-8,10H2,(H2,16,18). The smallest absolute Gasteiger partial charge is 0.147 e. The highest BCUT2D eigenvalue weighted by Gasteiger charge is 2.25. The number of pyridine rings is 1. The second-order valence-electron chi connectivity index (χ2n) is 5.46. The van der Waals surface area contributed by atoms with Crippen LogP contribution in [0.15, 0.2) is 24.5 Å². The molecule has 21 heavy (non-hydrogen) atoms. The predicted molar refractivity (Wildman–Crippen MR) is 86.4 cm³/mol. The summed E-state index contributed by atoms with van der Waals surface area (Å²) in [5.74, 6) is 1.13. The maximum Gasteiger partial charge on any atom is 0.147 e. The van der Waals surface area contributed by atoms with Crippen molar-refractivity contribution in [3.05, 3.63) is 24.5 Å². The zero-order chi connectivity index (χ0) is 14.7. The zero-order valence-electron chi connectivity index (χ0n) is 11.9. The van der Waals surface area contributed by atoms with Crippen LogP contribution in [0.2, 0.25) is 0 Å². The minimum Gasteiger partial charge on any atom is -0.396 e. The lowest BCUT2D eigenvalue weighted by atomic mass is 9.95. The van der Waals surface area contributed by atoms with E-state index in [2.05, 4.69) is 14.3 Å². The average Bonchev–Trinajstić information content (AvgIpc) is 2.90. The molecular formula is C15H20N4OS. The van der Waals surface area contributed by atoms with Gasteiger partial charge in [0.05, 0.1) is 5.56 Å². The van der Waals surface area contributed by atoms with Crippen molar-refractivity contribution in [3.8, 4) is 11.1 Å². The fraction of sp³-hybridized carbons (Fsp3) is 0.467. The summed E-state index contributed by atoms with van der Waals surface area (Å²) in [6.07, 6.45) is 6.80. The Bertz CT molecular complexity index is 585. The molecule has 0 saturated carbocycles. The first kappa shape index (κ1) is 14.3. The van der Waals surface area contributed by atoms with Gasteiger partial charge in [-0.25, -0.2) is 0 Å². The molecule has 1 saturated heterocycles. The molecule has 112 valence electrons. The van der Waals surface area contributed by atoms with Crippen molar-refractivity contribution < 1.29 is 5.11 Å². The van der Waals surface area contributed by atoms with Gasteiger partial charge in [-0.15, -0.1) is 0 Å². The average molecular weight is 304 g/mol. The number of aromatic nitrogens is 2. The molecule has 0 aliphatic carbocycles. The van der Waals surface area contributed by atoms with Crippen molar-refractivity contribution >= 4 is 22.4 Å². The molecule has 0 amide bonds. The number of hydrogen-bond donors (Lipinski definition) is 2. The fourth-order valence-electron chi connectivity index (χ4n) is 2.96. The van der Waals surface area contributed by atoms with Crippen molar-refractivity contribution in [3.63, 3.8) is 0 Å². The van der Waals surface area contributed by atoms with E-state index in [1.807, 2.05) is 18.3 Å². The molecule has 1 aliphatic heterocycles. The summed E-state index contributed by atoms with van der Waals surface area (Å²) in [6, 6.07) is 3.94. The van der Waals surface area contributed by atoms with Gasteiger partial charge in [-0.1, -0.05) is 6.07 Å². The number of nitrogens with zero attached hydrogens (tertiary/aromatic N) is 3. The number of piperidine rings is 1. The van der Waals surface area contributed by atoms with E-state index in [0.717, 1.165) is 42.1 Å². The predicted octanol–water partition coefficient (Wildman–Crippen LogP) is 2.39. The highest BCUT2D eigenvalue weighted by Crippen LogP contribution is 2.40. The Balaban J connectivity index is 1.89. The SMILES string of the molecule is Nc1nsc(N2CCCC(CCO)C2)c1-c1cccnc1. The van der Waals surface area contributed by atoms with Crippen molar-refractivity contribution in [1.29, 1.82) is 0 Å². The Kier molecular flexibility index (Phi) is 4.36. The lowest BCUT2D eigenvalue weighted by Gasteiger charge is -2.33. The maximum atomic E-state index is 9.16. The van der Waals surface area contributed by atoms with E-state index in [9.17, 15) is 0 Å². The zero-order valence-corrected chi connectivity index (χ0v) is 12.7. The van der Waals surface area contributed by atoms with Gasteiger partial charge in [0, 0.05) is 37.7 Å². The molecule has 3 rings (SSSR count). The number of nitrogen functional groups attached to an aromatic ring is 1. The number of aliphatic hydroxyl groups excluding tert-OH is 1. The van der Waals surface area contributed by atoms with E-state index in [4.69, 9.17) is 10.8 Å². The normalized spacial score (nSPS) is 18.9. The van der Waals surface area contributed by atoms with E-state index in [0.29, 0.717) is 11.7 Å². The number of anilines is 2. The summed E-state index contributed by atoms with van der Waals surface area (Å²) < 4.78 is 4.34. The van der Waals surface area contributed by atoms with Crippen LogP contribution in [-0.2, 0) is 0 Å². The van der Waals surface area contributed by atoms with Crippen molar-refractivity contribution in [2.75, 3.05) is 30.3 Å². The van der Waals surface area contributed by atoms with Crippen LogP contribution in [0.25, 0.3) is 11.1 Å². The summed E-state index contributed by atoms with van der Waals surface area (Å²) in [4.78, 5) is 6.54. The first-order chi connectivity index (χ1) is 10.3. The van der Waals surface area contributed by atoms with Gasteiger partial charge in [-0.2, -0.15) is 4.37 Å². The number of hydrogen-bond acceptors (Lipinski definition) is 6. The Morgan fingerprint density at radius 3 is 3.14 bits per heavy atom. The molecule has 1 atom stereocenters. The summed E-state index contributed by atoms with van der Waals surface area (Å²) in [6.45, 7) is 2.26. The van der Waals surface area contributed by atoms with Gasteiger partial charge in [0.15, 0.2) is 0 Å². The minimum absolute atomic E-state index is 0.263. The Labute approximate surface area is 128 Å². The Morgan fingerprint density at radius 2 is 2.38 bits per heavy atom. The highest BCUT2D eigenvalue weighted by atomic mass is 32.1. The molecule has 5 nitrogen and oxygen atoms in total. The van der Waals surface area contributed by atoms with E-state index in [1.54, 1.807) is 6.20 Å². The Morgan fingerprint density at radius 1 is 1.48 bits per heavy atom. The molecule has 0 radical (unpaired) electrons. The molecule has 1 unspecified atom stereocenters. The van der Waals surface area contributed by atoms with Crippen molar-refractivity contribution in [2.24, 2.45) is 5.92 Å². The molecule has 0 bridgehead atoms. The first-order valence-electron chi connectivity index (χ1n) is 7.31. The highest BCUT2D eigenvalue weighted by molar-refractivity contribution is 7.11. The van der Waals surface area contributed by atoms with Crippen molar-refractivity contribution in [1.82, 2.24) is 9.36 Å². The molecule has 3 N–H and O–H groups in total. The second-order valence-corrected chi connectivity index (χ2v) is 6.21. The first-order valence-corrected chi connectivity index (χ1v) is 8.08. The summed E-state index contributed by atoms with van der Waals surface area (Å²) in [7, 11) is 0. The lowest BCUT2D eigenvalue weighted by Crippen LogP contribution is -2.35. The fourth-order valence-corrected chi connectivity index (χ4v) is 3.83. The van der Waals surface area contributed by atoms with Gasteiger partial charge < -0.3 is 15.7 Å². The van der Waals surface area contributed by atoms with E-state index < -0.39 is 0 Å². The molecule has 3 heterocycles. The minimum atomic E-state index is 0.263.